The second-order valence-corrected chi connectivity index (χ2v) is 4.31. The van der Waals surface area contributed by atoms with Crippen LogP contribution in [0.2, 0.25) is 0 Å². The Balaban J connectivity index is 2.26. The normalized spacial score (nSPS) is 10.3. The van der Waals surface area contributed by atoms with Crippen molar-refractivity contribution in [1.82, 2.24) is 14.8 Å². The molecule has 8 heteroatoms. The zero-order valence-electron chi connectivity index (χ0n) is 11.3. The van der Waals surface area contributed by atoms with Crippen molar-refractivity contribution >= 4 is 23.0 Å². The average molecular weight is 276 g/mol. The number of aryl methyl sites for hydroxylation is 1. The van der Waals surface area contributed by atoms with Gasteiger partial charge in [0.1, 0.15) is 11.6 Å². The van der Waals surface area contributed by atoms with Gasteiger partial charge in [0.05, 0.1) is 28.9 Å². The molecule has 0 saturated heterocycles. The molecular formula is C12H16N6O2. The van der Waals surface area contributed by atoms with Gasteiger partial charge in [0.25, 0.3) is 5.69 Å². The standard InChI is InChI=1S/C12H16N6O2/c1-3-4-13-11-5-10(18(19)20)6-12(16-11)15-9-7-14-17(2)8-9/h5-8H,3-4H2,1-2H3,(H2,13,15,16). The minimum absolute atomic E-state index is 0.00927. The molecule has 0 aliphatic rings. The topological polar surface area (TPSA) is 97.9 Å². The fourth-order valence-electron chi connectivity index (χ4n) is 1.66. The van der Waals surface area contributed by atoms with Crippen molar-refractivity contribution < 1.29 is 4.92 Å². The lowest BCUT2D eigenvalue weighted by Gasteiger charge is -2.07. The molecule has 0 radical (unpaired) electrons. The van der Waals surface area contributed by atoms with E-state index in [9.17, 15) is 10.1 Å². The van der Waals surface area contributed by atoms with Crippen LogP contribution in [-0.2, 0) is 7.05 Å². The van der Waals surface area contributed by atoms with Crippen LogP contribution in [0.1, 0.15) is 13.3 Å². The van der Waals surface area contributed by atoms with E-state index >= 15 is 0 Å². The van der Waals surface area contributed by atoms with Crippen molar-refractivity contribution in [3.05, 3.63) is 34.6 Å². The van der Waals surface area contributed by atoms with Gasteiger partial charge in [0.15, 0.2) is 0 Å². The third-order valence-electron chi connectivity index (χ3n) is 2.55. The van der Waals surface area contributed by atoms with Crippen LogP contribution in [0.5, 0.6) is 0 Å². The smallest absolute Gasteiger partial charge is 0.276 e. The molecule has 0 aromatic carbocycles. The van der Waals surface area contributed by atoms with E-state index in [0.29, 0.717) is 18.2 Å². The van der Waals surface area contributed by atoms with Gasteiger partial charge in [-0.1, -0.05) is 6.92 Å². The predicted molar refractivity (Wildman–Crippen MR) is 76.2 cm³/mol. The summed E-state index contributed by atoms with van der Waals surface area (Å²) in [6.07, 6.45) is 4.30. The van der Waals surface area contributed by atoms with Crippen molar-refractivity contribution in [2.45, 2.75) is 13.3 Å². The van der Waals surface area contributed by atoms with Crippen LogP contribution < -0.4 is 10.6 Å². The first-order valence-corrected chi connectivity index (χ1v) is 6.24. The zero-order valence-corrected chi connectivity index (χ0v) is 11.3. The summed E-state index contributed by atoms with van der Waals surface area (Å²) in [7, 11) is 1.79. The second-order valence-electron chi connectivity index (χ2n) is 4.31. The highest BCUT2D eigenvalue weighted by molar-refractivity contribution is 5.61. The lowest BCUT2D eigenvalue weighted by atomic mass is 10.3. The van der Waals surface area contributed by atoms with E-state index in [0.717, 1.165) is 12.1 Å². The zero-order chi connectivity index (χ0) is 14.5. The lowest BCUT2D eigenvalue weighted by Crippen LogP contribution is -2.04. The molecule has 2 heterocycles. The average Bonchev–Trinajstić information content (AvgIpc) is 2.81. The number of anilines is 3. The predicted octanol–water partition coefficient (Wildman–Crippen LogP) is 2.29. The summed E-state index contributed by atoms with van der Waals surface area (Å²) in [6, 6.07) is 2.81. The Morgan fingerprint density at radius 3 is 2.75 bits per heavy atom. The molecule has 8 nitrogen and oxygen atoms in total. The number of pyridine rings is 1. The van der Waals surface area contributed by atoms with E-state index in [1.165, 1.54) is 12.1 Å². The summed E-state index contributed by atoms with van der Waals surface area (Å²) < 4.78 is 1.63. The van der Waals surface area contributed by atoms with Gasteiger partial charge in [-0.05, 0) is 6.42 Å². The van der Waals surface area contributed by atoms with Gasteiger partial charge < -0.3 is 10.6 Å². The second kappa shape index (κ2) is 6.00. The van der Waals surface area contributed by atoms with Crippen LogP contribution in [0.4, 0.5) is 23.0 Å². The first-order valence-electron chi connectivity index (χ1n) is 6.24. The Hall–Kier alpha value is -2.64. The van der Waals surface area contributed by atoms with Gasteiger partial charge >= 0.3 is 0 Å². The fourth-order valence-corrected chi connectivity index (χ4v) is 1.66. The maximum absolute atomic E-state index is 10.9. The molecular weight excluding hydrogens is 260 g/mol. The molecule has 2 rings (SSSR count). The van der Waals surface area contributed by atoms with Gasteiger partial charge in [0.2, 0.25) is 0 Å². The number of nitrogens with one attached hydrogen (secondary N) is 2. The number of rotatable bonds is 6. The van der Waals surface area contributed by atoms with Crippen molar-refractivity contribution in [3.63, 3.8) is 0 Å². The number of nitrogens with zero attached hydrogens (tertiary/aromatic N) is 4. The van der Waals surface area contributed by atoms with Crippen LogP contribution in [0.15, 0.2) is 24.5 Å². The summed E-state index contributed by atoms with van der Waals surface area (Å²) in [5.74, 6) is 0.887. The van der Waals surface area contributed by atoms with Crippen LogP contribution >= 0.6 is 0 Å². The third-order valence-corrected chi connectivity index (χ3v) is 2.55. The Morgan fingerprint density at radius 1 is 1.40 bits per heavy atom. The summed E-state index contributed by atoms with van der Waals surface area (Å²) >= 11 is 0. The van der Waals surface area contributed by atoms with Gasteiger partial charge in [-0.2, -0.15) is 5.10 Å². The van der Waals surface area contributed by atoms with E-state index < -0.39 is 4.92 Å². The van der Waals surface area contributed by atoms with E-state index in [-0.39, 0.29) is 5.69 Å². The molecule has 2 N–H and O–H groups in total. The fraction of sp³-hybridized carbons (Fsp3) is 0.333. The van der Waals surface area contributed by atoms with Gasteiger partial charge in [-0.15, -0.1) is 0 Å². The van der Waals surface area contributed by atoms with E-state index in [2.05, 4.69) is 20.7 Å². The van der Waals surface area contributed by atoms with Gasteiger partial charge in [-0.25, -0.2) is 4.98 Å². The minimum atomic E-state index is -0.437. The molecule has 0 spiro atoms. The summed E-state index contributed by atoms with van der Waals surface area (Å²) in [6.45, 7) is 2.72. The van der Waals surface area contributed by atoms with Crippen molar-refractivity contribution in [2.24, 2.45) is 7.05 Å². The van der Waals surface area contributed by atoms with Crippen molar-refractivity contribution in [3.8, 4) is 0 Å². The number of nitro groups is 1. The van der Waals surface area contributed by atoms with Gasteiger partial charge in [0, 0.05) is 19.8 Å². The molecule has 0 atom stereocenters. The number of hydrogen-bond donors (Lipinski definition) is 2. The Kier molecular flexibility index (Phi) is 4.14. The number of hydrogen-bond acceptors (Lipinski definition) is 6. The molecule has 0 saturated carbocycles. The molecule has 0 bridgehead atoms. The molecule has 20 heavy (non-hydrogen) atoms. The summed E-state index contributed by atoms with van der Waals surface area (Å²) in [4.78, 5) is 14.8. The SMILES string of the molecule is CCCNc1cc([N+](=O)[O-])cc(Nc2cnn(C)c2)n1. The quantitative estimate of drug-likeness (QED) is 0.620. The molecule has 0 aliphatic carbocycles. The maximum atomic E-state index is 10.9. The Morgan fingerprint density at radius 2 is 2.15 bits per heavy atom. The monoisotopic (exact) mass is 276 g/mol. The van der Waals surface area contributed by atoms with Crippen LogP contribution in [0.25, 0.3) is 0 Å². The van der Waals surface area contributed by atoms with Crippen LogP contribution in [0.3, 0.4) is 0 Å². The summed E-state index contributed by atoms with van der Waals surface area (Å²) in [5.41, 5.74) is 0.715. The molecule has 0 amide bonds. The van der Waals surface area contributed by atoms with Crippen LogP contribution in [-0.4, -0.2) is 26.2 Å². The molecule has 2 aromatic heterocycles. The van der Waals surface area contributed by atoms with Crippen LogP contribution in [0, 0.1) is 10.1 Å². The van der Waals surface area contributed by atoms with E-state index in [4.69, 9.17) is 0 Å². The third kappa shape index (κ3) is 3.44. The first-order chi connectivity index (χ1) is 9.58. The Bertz CT molecular complexity index is 610. The maximum Gasteiger partial charge on any atom is 0.276 e. The van der Waals surface area contributed by atoms with E-state index in [1.807, 2.05) is 6.92 Å². The van der Waals surface area contributed by atoms with Gasteiger partial charge in [-0.3, -0.25) is 14.8 Å². The van der Waals surface area contributed by atoms with Crippen molar-refractivity contribution in [2.75, 3.05) is 17.2 Å². The lowest BCUT2D eigenvalue weighted by molar-refractivity contribution is -0.384. The highest BCUT2D eigenvalue weighted by atomic mass is 16.6. The minimum Gasteiger partial charge on any atom is -0.370 e. The first kappa shape index (κ1) is 13.8. The van der Waals surface area contributed by atoms with E-state index in [1.54, 1.807) is 24.1 Å². The molecule has 2 aromatic rings. The highest BCUT2D eigenvalue weighted by Gasteiger charge is 2.11. The summed E-state index contributed by atoms with van der Waals surface area (Å²) in [5, 5.41) is 21.0. The molecule has 106 valence electrons. The van der Waals surface area contributed by atoms with Crippen molar-refractivity contribution in [1.29, 1.82) is 0 Å². The molecule has 0 aliphatic heterocycles. The molecule has 0 unspecified atom stereocenters. The largest absolute Gasteiger partial charge is 0.370 e. The Labute approximate surface area is 116 Å². The number of aromatic nitrogens is 3. The highest BCUT2D eigenvalue weighted by Crippen LogP contribution is 2.23. The molecule has 0 fully saturated rings.